The van der Waals surface area contributed by atoms with Crippen LogP contribution in [-0.4, -0.2) is 35.4 Å². The fourth-order valence-electron chi connectivity index (χ4n) is 3.04. The molecule has 0 unspecified atom stereocenters. The molecule has 0 saturated carbocycles. The van der Waals surface area contributed by atoms with Crippen LogP contribution in [0.25, 0.3) is 0 Å². The minimum Gasteiger partial charge on any atom is -0.376 e. The molecule has 1 aromatic carbocycles. The fourth-order valence-corrected chi connectivity index (χ4v) is 3.76. The highest BCUT2D eigenvalue weighted by molar-refractivity contribution is 7.13. The Labute approximate surface area is 166 Å². The average molecular weight is 412 g/mol. The lowest BCUT2D eigenvalue weighted by atomic mass is 9.99. The van der Waals surface area contributed by atoms with Crippen LogP contribution in [0, 0.1) is 5.92 Å². The first kappa shape index (κ1) is 20.6. The minimum absolute atomic E-state index is 0.139. The maximum absolute atomic E-state index is 12.7. The number of hydrogen-bond donors (Lipinski definition) is 2. The highest BCUT2D eigenvalue weighted by Gasteiger charge is 2.30. The zero-order valence-corrected chi connectivity index (χ0v) is 16.4. The van der Waals surface area contributed by atoms with Crippen molar-refractivity contribution in [2.45, 2.75) is 32.5 Å². The van der Waals surface area contributed by atoms with Crippen LogP contribution in [0.4, 0.5) is 24.0 Å². The first-order valence-electron chi connectivity index (χ1n) is 9.17. The molecule has 1 amide bonds. The van der Waals surface area contributed by atoms with Crippen LogP contribution >= 0.6 is 11.3 Å². The third-order valence-corrected chi connectivity index (χ3v) is 5.51. The number of nitrogens with one attached hydrogen (secondary N) is 2. The Morgan fingerprint density at radius 2 is 2.07 bits per heavy atom. The molecule has 28 heavy (non-hydrogen) atoms. The number of amides is 1. The monoisotopic (exact) mass is 412 g/mol. The van der Waals surface area contributed by atoms with E-state index in [1.165, 1.54) is 36.3 Å². The Morgan fingerprint density at radius 3 is 2.79 bits per heavy atom. The van der Waals surface area contributed by atoms with Crippen LogP contribution in [0.2, 0.25) is 0 Å². The summed E-state index contributed by atoms with van der Waals surface area (Å²) >= 11 is 1.35. The molecule has 9 heteroatoms. The maximum atomic E-state index is 12.7. The maximum Gasteiger partial charge on any atom is 0.416 e. The van der Waals surface area contributed by atoms with Crippen molar-refractivity contribution in [3.8, 4) is 0 Å². The van der Waals surface area contributed by atoms with E-state index in [9.17, 15) is 18.0 Å². The van der Waals surface area contributed by atoms with Crippen molar-refractivity contribution in [3.63, 3.8) is 0 Å². The van der Waals surface area contributed by atoms with Gasteiger partial charge in [0.15, 0.2) is 5.13 Å². The van der Waals surface area contributed by atoms with Crippen molar-refractivity contribution in [2.75, 3.05) is 30.3 Å². The van der Waals surface area contributed by atoms with Crippen molar-refractivity contribution < 1.29 is 18.0 Å². The Kier molecular flexibility index (Phi) is 6.56. The summed E-state index contributed by atoms with van der Waals surface area (Å²) in [5.41, 5.74) is 0.402. The summed E-state index contributed by atoms with van der Waals surface area (Å²) in [6.07, 6.45) is -2.03. The molecule has 1 saturated heterocycles. The second kappa shape index (κ2) is 8.91. The summed E-state index contributed by atoms with van der Waals surface area (Å²) in [5.74, 6) is 0.413. The number of likely N-dealkylation sites (tertiary alicyclic amines) is 1. The van der Waals surface area contributed by atoms with E-state index in [1.54, 1.807) is 0 Å². The average Bonchev–Trinajstić information content (AvgIpc) is 3.08. The van der Waals surface area contributed by atoms with E-state index in [4.69, 9.17) is 0 Å². The second-order valence-electron chi connectivity index (χ2n) is 7.08. The summed E-state index contributed by atoms with van der Waals surface area (Å²) in [7, 11) is 0. The first-order valence-corrected chi connectivity index (χ1v) is 10.1. The van der Waals surface area contributed by atoms with Gasteiger partial charge in [0, 0.05) is 17.6 Å². The third-order valence-electron chi connectivity index (χ3n) is 4.70. The van der Waals surface area contributed by atoms with Crippen LogP contribution in [-0.2, 0) is 17.5 Å². The van der Waals surface area contributed by atoms with Crippen LogP contribution in [0.3, 0.4) is 0 Å². The largest absolute Gasteiger partial charge is 0.416 e. The number of rotatable bonds is 6. The standard InChI is InChI=1S/C19H23F3N4OS/c1-13-5-7-26(8-6-13)11-16-12-28-18(24-16)25-17(27)10-23-15-4-2-3-14(9-15)19(20,21)22/h2-4,9,12-13,23H,5-8,10-11H2,1H3,(H,24,25,27). The number of aromatic nitrogens is 1. The van der Waals surface area contributed by atoms with E-state index >= 15 is 0 Å². The molecule has 2 heterocycles. The molecule has 5 nitrogen and oxygen atoms in total. The quantitative estimate of drug-likeness (QED) is 0.736. The lowest BCUT2D eigenvalue weighted by Crippen LogP contribution is -2.32. The second-order valence-corrected chi connectivity index (χ2v) is 7.94. The Morgan fingerprint density at radius 1 is 1.32 bits per heavy atom. The highest BCUT2D eigenvalue weighted by Crippen LogP contribution is 2.30. The van der Waals surface area contributed by atoms with Gasteiger partial charge in [0.1, 0.15) is 0 Å². The van der Waals surface area contributed by atoms with Gasteiger partial charge in [-0.05, 0) is 50.0 Å². The van der Waals surface area contributed by atoms with Crippen molar-refractivity contribution >= 4 is 28.1 Å². The van der Waals surface area contributed by atoms with Crippen LogP contribution in [0.15, 0.2) is 29.6 Å². The number of benzene rings is 1. The fraction of sp³-hybridized carbons (Fsp3) is 0.474. The molecular weight excluding hydrogens is 389 g/mol. The molecule has 0 spiro atoms. The normalized spacial score (nSPS) is 16.1. The van der Waals surface area contributed by atoms with E-state index in [0.717, 1.165) is 43.4 Å². The third kappa shape index (κ3) is 5.93. The molecule has 0 bridgehead atoms. The molecule has 2 aromatic rings. The topological polar surface area (TPSA) is 57.3 Å². The SMILES string of the molecule is CC1CCN(Cc2csc(NC(=O)CNc3cccc(C(F)(F)F)c3)n2)CC1. The number of nitrogens with zero attached hydrogens (tertiary/aromatic N) is 2. The summed E-state index contributed by atoms with van der Waals surface area (Å²) in [4.78, 5) is 18.9. The Bertz CT molecular complexity index is 800. The molecule has 0 aliphatic carbocycles. The van der Waals surface area contributed by atoms with Gasteiger partial charge < -0.3 is 10.6 Å². The number of hydrogen-bond acceptors (Lipinski definition) is 5. The van der Waals surface area contributed by atoms with Crippen molar-refractivity contribution in [1.29, 1.82) is 0 Å². The van der Waals surface area contributed by atoms with E-state index in [1.807, 2.05) is 5.38 Å². The van der Waals surface area contributed by atoms with Crippen LogP contribution < -0.4 is 10.6 Å². The van der Waals surface area contributed by atoms with Gasteiger partial charge in [-0.15, -0.1) is 11.3 Å². The number of anilines is 2. The Balaban J connectivity index is 1.47. The van der Waals surface area contributed by atoms with E-state index in [2.05, 4.69) is 27.4 Å². The number of piperidine rings is 1. The zero-order valence-electron chi connectivity index (χ0n) is 15.6. The smallest absolute Gasteiger partial charge is 0.376 e. The van der Waals surface area contributed by atoms with Gasteiger partial charge in [-0.25, -0.2) is 4.98 Å². The summed E-state index contributed by atoms with van der Waals surface area (Å²) in [6, 6.07) is 4.76. The van der Waals surface area contributed by atoms with Crippen LogP contribution in [0.1, 0.15) is 31.0 Å². The zero-order chi connectivity index (χ0) is 20.1. The van der Waals surface area contributed by atoms with Gasteiger partial charge >= 0.3 is 6.18 Å². The number of carbonyl (C=O) groups excluding carboxylic acids is 1. The molecule has 1 aliphatic rings. The number of alkyl halides is 3. The van der Waals surface area contributed by atoms with Gasteiger partial charge in [0.25, 0.3) is 0 Å². The number of carbonyl (C=O) groups is 1. The minimum atomic E-state index is -4.41. The highest BCUT2D eigenvalue weighted by atomic mass is 32.1. The van der Waals surface area contributed by atoms with Gasteiger partial charge in [-0.1, -0.05) is 13.0 Å². The predicted octanol–water partition coefficient (Wildman–Crippen LogP) is 4.44. The molecule has 1 aliphatic heterocycles. The van der Waals surface area contributed by atoms with Crippen molar-refractivity contribution in [1.82, 2.24) is 9.88 Å². The molecule has 1 aromatic heterocycles. The lowest BCUT2D eigenvalue weighted by Gasteiger charge is -2.29. The van der Waals surface area contributed by atoms with Gasteiger partial charge in [-0.2, -0.15) is 13.2 Å². The first-order chi connectivity index (χ1) is 13.3. The van der Waals surface area contributed by atoms with Crippen LogP contribution in [0.5, 0.6) is 0 Å². The van der Waals surface area contributed by atoms with Gasteiger partial charge in [0.05, 0.1) is 17.8 Å². The van der Waals surface area contributed by atoms with E-state index < -0.39 is 11.7 Å². The van der Waals surface area contributed by atoms with Crippen molar-refractivity contribution in [3.05, 3.63) is 40.9 Å². The number of halogens is 3. The predicted molar refractivity (Wildman–Crippen MR) is 104 cm³/mol. The molecule has 152 valence electrons. The van der Waals surface area contributed by atoms with Gasteiger partial charge in [-0.3, -0.25) is 9.69 Å². The van der Waals surface area contributed by atoms with E-state index in [0.29, 0.717) is 5.13 Å². The summed E-state index contributed by atoms with van der Waals surface area (Å²) in [5, 5.41) is 7.82. The molecular formula is C19H23F3N4OS. The summed E-state index contributed by atoms with van der Waals surface area (Å²) in [6.45, 7) is 5.01. The molecule has 3 rings (SSSR count). The molecule has 2 N–H and O–H groups in total. The number of thiazole rings is 1. The summed E-state index contributed by atoms with van der Waals surface area (Å²) < 4.78 is 38.2. The Hall–Kier alpha value is -2.13. The molecule has 0 radical (unpaired) electrons. The van der Waals surface area contributed by atoms with E-state index in [-0.39, 0.29) is 18.1 Å². The van der Waals surface area contributed by atoms with Crippen molar-refractivity contribution in [2.24, 2.45) is 5.92 Å². The lowest BCUT2D eigenvalue weighted by molar-refractivity contribution is -0.137. The molecule has 1 fully saturated rings. The molecule has 0 atom stereocenters. The van der Waals surface area contributed by atoms with Gasteiger partial charge in [0.2, 0.25) is 5.91 Å².